The molecule has 0 aliphatic carbocycles. The lowest BCUT2D eigenvalue weighted by Crippen LogP contribution is -2.40. The van der Waals surface area contributed by atoms with E-state index in [1.165, 1.54) is 44.1 Å². The molecule has 0 spiro atoms. The molecule has 0 aliphatic heterocycles. The summed E-state index contributed by atoms with van der Waals surface area (Å²) in [5, 5.41) is 11.9. The van der Waals surface area contributed by atoms with Crippen LogP contribution in [-0.4, -0.2) is 29.4 Å². The lowest BCUT2D eigenvalue weighted by atomic mass is 9.99. The highest BCUT2D eigenvalue weighted by Gasteiger charge is 2.19. The maximum absolute atomic E-state index is 12.2. The number of rotatable bonds is 14. The number of alkyl carbamates (subject to hydrolysis) is 1. The van der Waals surface area contributed by atoms with Crippen LogP contribution in [0.1, 0.15) is 90.5 Å². The van der Waals surface area contributed by atoms with E-state index in [9.17, 15) is 4.79 Å². The lowest BCUT2D eigenvalue weighted by Gasteiger charge is -2.24. The van der Waals surface area contributed by atoms with Gasteiger partial charge < -0.3 is 15.2 Å². The van der Waals surface area contributed by atoms with E-state index in [1.54, 1.807) is 0 Å². The van der Waals surface area contributed by atoms with E-state index in [1.807, 2.05) is 39.0 Å². The van der Waals surface area contributed by atoms with Crippen molar-refractivity contribution in [2.75, 3.05) is 6.61 Å². The first-order valence-electron chi connectivity index (χ1n) is 11.0. The summed E-state index contributed by atoms with van der Waals surface area (Å²) in [6.07, 6.45) is 12.2. The molecule has 1 aromatic rings. The van der Waals surface area contributed by atoms with E-state index in [0.717, 1.165) is 32.1 Å². The van der Waals surface area contributed by atoms with E-state index < -0.39 is 5.60 Å². The molecule has 28 heavy (non-hydrogen) atoms. The van der Waals surface area contributed by atoms with Crippen molar-refractivity contribution in [2.24, 2.45) is 0 Å². The minimum absolute atomic E-state index is 0.107. The van der Waals surface area contributed by atoms with Crippen LogP contribution in [0.25, 0.3) is 0 Å². The van der Waals surface area contributed by atoms with Crippen molar-refractivity contribution in [3.63, 3.8) is 0 Å². The van der Waals surface area contributed by atoms with Crippen molar-refractivity contribution >= 4 is 6.09 Å². The molecule has 2 N–H and O–H groups in total. The molecule has 0 saturated carbocycles. The molecule has 4 nitrogen and oxygen atoms in total. The Kier molecular flexibility index (Phi) is 12.6. The molecule has 160 valence electrons. The van der Waals surface area contributed by atoms with Gasteiger partial charge in [0, 0.05) is 12.6 Å². The summed E-state index contributed by atoms with van der Waals surface area (Å²) < 4.78 is 5.44. The summed E-state index contributed by atoms with van der Waals surface area (Å²) in [7, 11) is 0. The predicted octanol–water partition coefficient (Wildman–Crippen LogP) is 6.02. The van der Waals surface area contributed by atoms with Crippen molar-refractivity contribution in [1.29, 1.82) is 0 Å². The number of carbonyl (C=O) groups is 1. The molecule has 0 radical (unpaired) electrons. The highest BCUT2D eigenvalue weighted by Crippen LogP contribution is 2.14. The maximum Gasteiger partial charge on any atom is 0.407 e. The Balaban J connectivity index is 2.30. The van der Waals surface area contributed by atoms with E-state index >= 15 is 0 Å². The fourth-order valence-corrected chi connectivity index (χ4v) is 3.34. The summed E-state index contributed by atoms with van der Waals surface area (Å²) in [6, 6.07) is 10.4. The van der Waals surface area contributed by atoms with Gasteiger partial charge in [-0.2, -0.15) is 0 Å². The van der Waals surface area contributed by atoms with Gasteiger partial charge >= 0.3 is 6.09 Å². The van der Waals surface area contributed by atoms with Crippen molar-refractivity contribution in [3.05, 3.63) is 35.9 Å². The topological polar surface area (TPSA) is 58.6 Å². The second kappa shape index (κ2) is 14.4. The third-order valence-corrected chi connectivity index (χ3v) is 4.76. The van der Waals surface area contributed by atoms with Crippen LogP contribution in [0.2, 0.25) is 0 Å². The molecular formula is C24H41NO3. The molecule has 1 aromatic carbocycles. The number of unbranched alkanes of at least 4 members (excludes halogenated alkanes) is 8. The average Bonchev–Trinajstić information content (AvgIpc) is 2.62. The van der Waals surface area contributed by atoms with E-state index in [2.05, 4.69) is 17.4 Å². The zero-order chi connectivity index (χ0) is 20.7. The molecule has 1 atom stereocenters. The molecule has 0 aliphatic rings. The van der Waals surface area contributed by atoms with Gasteiger partial charge in [0.05, 0.1) is 0 Å². The van der Waals surface area contributed by atoms with Crippen molar-refractivity contribution in [3.8, 4) is 0 Å². The summed E-state index contributed by atoms with van der Waals surface area (Å²) in [5.41, 5.74) is 0.768. The Morgan fingerprint density at radius 1 is 0.929 bits per heavy atom. The summed E-state index contributed by atoms with van der Waals surface area (Å²) in [6.45, 7) is 6.00. The minimum atomic E-state index is -0.474. The van der Waals surface area contributed by atoms with Crippen molar-refractivity contribution in [1.82, 2.24) is 5.32 Å². The number of ether oxygens (including phenoxy) is 1. The smallest absolute Gasteiger partial charge is 0.407 e. The first kappa shape index (κ1) is 24.5. The highest BCUT2D eigenvalue weighted by molar-refractivity contribution is 5.68. The van der Waals surface area contributed by atoms with E-state index in [-0.39, 0.29) is 12.1 Å². The second-order valence-electron chi connectivity index (χ2n) is 8.73. The number of aliphatic hydroxyl groups excluding tert-OH is 1. The number of amides is 1. The van der Waals surface area contributed by atoms with Gasteiger partial charge in [-0.1, -0.05) is 81.7 Å². The fraction of sp³-hybridized carbons (Fsp3) is 0.708. The van der Waals surface area contributed by atoms with Crippen molar-refractivity contribution < 1.29 is 14.6 Å². The van der Waals surface area contributed by atoms with Crippen LogP contribution >= 0.6 is 0 Å². The highest BCUT2D eigenvalue weighted by atomic mass is 16.6. The average molecular weight is 392 g/mol. The minimum Gasteiger partial charge on any atom is -0.444 e. The van der Waals surface area contributed by atoms with Crippen LogP contribution in [0.5, 0.6) is 0 Å². The SMILES string of the molecule is CC(C)(C)OC(=O)NC(CCCCCCCCCCCO)Cc1ccccc1. The molecule has 0 heterocycles. The first-order valence-corrected chi connectivity index (χ1v) is 11.0. The van der Waals surface area contributed by atoms with Gasteiger partial charge in [-0.25, -0.2) is 4.79 Å². The third kappa shape index (κ3) is 13.6. The number of hydrogen-bond acceptors (Lipinski definition) is 3. The molecule has 4 heteroatoms. The van der Waals surface area contributed by atoms with Gasteiger partial charge in [-0.05, 0) is 45.6 Å². The van der Waals surface area contributed by atoms with Crippen LogP contribution in [0.3, 0.4) is 0 Å². The Bertz CT molecular complexity index is 510. The van der Waals surface area contributed by atoms with Gasteiger partial charge in [-0.3, -0.25) is 0 Å². The van der Waals surface area contributed by atoms with Gasteiger partial charge in [0.1, 0.15) is 5.60 Å². The lowest BCUT2D eigenvalue weighted by molar-refractivity contribution is 0.0501. The predicted molar refractivity (Wildman–Crippen MR) is 117 cm³/mol. The van der Waals surface area contributed by atoms with Crippen LogP contribution in [0.4, 0.5) is 4.79 Å². The summed E-state index contributed by atoms with van der Waals surface area (Å²) in [4.78, 5) is 12.2. The molecule has 0 bridgehead atoms. The molecular weight excluding hydrogens is 350 g/mol. The fourth-order valence-electron chi connectivity index (χ4n) is 3.34. The first-order chi connectivity index (χ1) is 13.4. The Morgan fingerprint density at radius 3 is 2.00 bits per heavy atom. The van der Waals surface area contributed by atoms with Gasteiger partial charge in [0.25, 0.3) is 0 Å². The van der Waals surface area contributed by atoms with E-state index in [0.29, 0.717) is 6.61 Å². The molecule has 0 aromatic heterocycles. The molecule has 1 rings (SSSR count). The van der Waals surface area contributed by atoms with E-state index in [4.69, 9.17) is 9.84 Å². The standard InChI is InChI=1S/C24H41NO3/c1-24(2,3)28-23(27)25-22(20-21-16-12-11-13-17-21)18-14-9-7-5-4-6-8-10-15-19-26/h11-13,16-17,22,26H,4-10,14-15,18-20H2,1-3H3,(H,25,27). The third-order valence-electron chi connectivity index (χ3n) is 4.76. The largest absolute Gasteiger partial charge is 0.444 e. The van der Waals surface area contributed by atoms with Crippen LogP contribution in [-0.2, 0) is 11.2 Å². The molecule has 1 unspecified atom stereocenters. The zero-order valence-corrected chi connectivity index (χ0v) is 18.2. The van der Waals surface area contributed by atoms with Crippen molar-refractivity contribution in [2.45, 2.75) is 103 Å². The molecule has 0 fully saturated rings. The summed E-state index contributed by atoms with van der Waals surface area (Å²) in [5.74, 6) is 0. The van der Waals surface area contributed by atoms with Gasteiger partial charge in [0.2, 0.25) is 0 Å². The monoisotopic (exact) mass is 391 g/mol. The number of aliphatic hydroxyl groups is 1. The van der Waals surface area contributed by atoms with Crippen LogP contribution < -0.4 is 5.32 Å². The number of hydrogen-bond donors (Lipinski definition) is 2. The Hall–Kier alpha value is -1.55. The van der Waals surface area contributed by atoms with Gasteiger partial charge in [-0.15, -0.1) is 0 Å². The number of nitrogens with one attached hydrogen (secondary N) is 1. The quantitative estimate of drug-likeness (QED) is 0.381. The molecule has 0 saturated heterocycles. The van der Waals surface area contributed by atoms with Crippen LogP contribution in [0, 0.1) is 0 Å². The van der Waals surface area contributed by atoms with Gasteiger partial charge in [0.15, 0.2) is 0 Å². The number of carbonyl (C=O) groups excluding carboxylic acids is 1. The normalized spacial score (nSPS) is 12.6. The molecule has 1 amide bonds. The summed E-state index contributed by atoms with van der Waals surface area (Å²) >= 11 is 0. The Morgan fingerprint density at radius 2 is 1.46 bits per heavy atom. The zero-order valence-electron chi connectivity index (χ0n) is 18.2. The van der Waals surface area contributed by atoms with Crippen LogP contribution in [0.15, 0.2) is 30.3 Å². The Labute approximate surface area is 172 Å². The maximum atomic E-state index is 12.2. The number of benzene rings is 1. The second-order valence-corrected chi connectivity index (χ2v) is 8.73.